The van der Waals surface area contributed by atoms with Crippen molar-refractivity contribution in [3.05, 3.63) is 59.9 Å². The van der Waals surface area contributed by atoms with E-state index in [9.17, 15) is 9.59 Å². The van der Waals surface area contributed by atoms with Crippen LogP contribution in [0.1, 0.15) is 24.0 Å². The SMILES string of the molecule is CNCCCC(=O)NCc1cccc(NC(=O)NCc2ccncc2)c1.Cl.Cl. The van der Waals surface area contributed by atoms with E-state index in [2.05, 4.69) is 26.3 Å². The van der Waals surface area contributed by atoms with Crippen molar-refractivity contribution in [1.82, 2.24) is 20.9 Å². The number of aromatic nitrogens is 1. The Balaban J connectivity index is 0.00000364. The highest BCUT2D eigenvalue weighted by atomic mass is 35.5. The van der Waals surface area contributed by atoms with E-state index in [0.29, 0.717) is 25.2 Å². The molecule has 1 aromatic carbocycles. The number of urea groups is 1. The Morgan fingerprint density at radius 1 is 0.964 bits per heavy atom. The summed E-state index contributed by atoms with van der Waals surface area (Å²) in [4.78, 5) is 27.7. The molecule has 0 unspecified atom stereocenters. The van der Waals surface area contributed by atoms with Crippen molar-refractivity contribution in [3.8, 4) is 0 Å². The van der Waals surface area contributed by atoms with Crippen molar-refractivity contribution in [2.75, 3.05) is 18.9 Å². The smallest absolute Gasteiger partial charge is 0.319 e. The first-order chi connectivity index (χ1) is 12.7. The molecule has 9 heteroatoms. The number of halogens is 2. The van der Waals surface area contributed by atoms with E-state index in [0.717, 1.165) is 24.1 Å². The third-order valence-electron chi connectivity index (χ3n) is 3.71. The average molecular weight is 428 g/mol. The maximum Gasteiger partial charge on any atom is 0.319 e. The van der Waals surface area contributed by atoms with Crippen LogP contribution >= 0.6 is 24.8 Å². The third-order valence-corrected chi connectivity index (χ3v) is 3.71. The van der Waals surface area contributed by atoms with Gasteiger partial charge in [0.1, 0.15) is 0 Å². The molecule has 1 aromatic heterocycles. The molecular weight excluding hydrogens is 401 g/mol. The number of benzene rings is 1. The molecule has 4 N–H and O–H groups in total. The summed E-state index contributed by atoms with van der Waals surface area (Å²) in [6.45, 7) is 1.69. The molecule has 0 aliphatic heterocycles. The summed E-state index contributed by atoms with van der Waals surface area (Å²) >= 11 is 0. The van der Waals surface area contributed by atoms with Gasteiger partial charge in [0.2, 0.25) is 5.91 Å². The second kappa shape index (κ2) is 14.7. The van der Waals surface area contributed by atoms with Gasteiger partial charge in [-0.25, -0.2) is 4.79 Å². The second-order valence-corrected chi connectivity index (χ2v) is 5.85. The van der Waals surface area contributed by atoms with Crippen molar-refractivity contribution in [1.29, 1.82) is 0 Å². The molecule has 3 amide bonds. The lowest BCUT2D eigenvalue weighted by Gasteiger charge is -2.10. The molecule has 0 aliphatic rings. The monoisotopic (exact) mass is 427 g/mol. The van der Waals surface area contributed by atoms with Crippen LogP contribution in [0.3, 0.4) is 0 Å². The molecule has 0 bridgehead atoms. The van der Waals surface area contributed by atoms with Gasteiger partial charge in [-0.15, -0.1) is 24.8 Å². The van der Waals surface area contributed by atoms with Gasteiger partial charge in [0.15, 0.2) is 0 Å². The summed E-state index contributed by atoms with van der Waals surface area (Å²) in [5, 5.41) is 11.5. The van der Waals surface area contributed by atoms with E-state index < -0.39 is 0 Å². The summed E-state index contributed by atoms with van der Waals surface area (Å²) in [6.07, 6.45) is 4.68. The largest absolute Gasteiger partial charge is 0.352 e. The molecular formula is C19H27Cl2N5O2. The van der Waals surface area contributed by atoms with Crippen LogP contribution in [-0.2, 0) is 17.9 Å². The summed E-state index contributed by atoms with van der Waals surface area (Å²) in [6, 6.07) is 10.8. The number of nitrogens with one attached hydrogen (secondary N) is 4. The van der Waals surface area contributed by atoms with E-state index in [1.54, 1.807) is 12.4 Å². The van der Waals surface area contributed by atoms with E-state index in [1.807, 2.05) is 43.4 Å². The molecule has 0 radical (unpaired) electrons. The maximum absolute atomic E-state index is 12.0. The van der Waals surface area contributed by atoms with E-state index in [4.69, 9.17) is 0 Å². The van der Waals surface area contributed by atoms with Crippen molar-refractivity contribution >= 4 is 42.4 Å². The van der Waals surface area contributed by atoms with Crippen LogP contribution in [0.25, 0.3) is 0 Å². The van der Waals surface area contributed by atoms with Gasteiger partial charge in [0.25, 0.3) is 0 Å². The quantitative estimate of drug-likeness (QED) is 0.462. The molecule has 154 valence electrons. The topological polar surface area (TPSA) is 95.2 Å². The van der Waals surface area contributed by atoms with E-state index >= 15 is 0 Å². The standard InChI is InChI=1S/C19H25N5O2.2ClH/c1-20-9-3-6-18(25)22-14-16-4-2-5-17(12-16)24-19(26)23-13-15-7-10-21-11-8-15;;/h2,4-5,7-8,10-12,20H,3,6,9,13-14H2,1H3,(H,22,25)(H2,23,24,26);2*1H. The fraction of sp³-hybridized carbons (Fsp3) is 0.316. The van der Waals surface area contributed by atoms with Gasteiger partial charge in [0.05, 0.1) is 0 Å². The van der Waals surface area contributed by atoms with Crippen LogP contribution < -0.4 is 21.3 Å². The Hall–Kier alpha value is -2.35. The molecule has 1 heterocycles. The highest BCUT2D eigenvalue weighted by Crippen LogP contribution is 2.10. The van der Waals surface area contributed by atoms with Gasteiger partial charge >= 0.3 is 6.03 Å². The summed E-state index contributed by atoms with van der Waals surface area (Å²) in [5.74, 6) is 0.0220. The predicted octanol–water partition coefficient (Wildman–Crippen LogP) is 2.86. The number of rotatable bonds is 9. The highest BCUT2D eigenvalue weighted by Gasteiger charge is 2.04. The normalized spacial score (nSPS) is 9.46. The van der Waals surface area contributed by atoms with Gasteiger partial charge in [0, 0.05) is 37.6 Å². The Morgan fingerprint density at radius 3 is 2.39 bits per heavy atom. The van der Waals surface area contributed by atoms with E-state index in [-0.39, 0.29) is 36.8 Å². The lowest BCUT2D eigenvalue weighted by Crippen LogP contribution is -2.28. The molecule has 28 heavy (non-hydrogen) atoms. The number of amides is 3. The number of anilines is 1. The van der Waals surface area contributed by atoms with Crippen LogP contribution in [0.5, 0.6) is 0 Å². The molecule has 0 saturated heterocycles. The zero-order chi connectivity index (χ0) is 18.6. The maximum atomic E-state index is 12.0. The number of hydrogen-bond acceptors (Lipinski definition) is 4. The minimum atomic E-state index is -0.282. The van der Waals surface area contributed by atoms with E-state index in [1.165, 1.54) is 0 Å². The first kappa shape index (κ1) is 25.6. The number of carbonyl (C=O) groups excluding carboxylic acids is 2. The number of nitrogens with zero attached hydrogens (tertiary/aromatic N) is 1. The van der Waals surface area contributed by atoms with Gasteiger partial charge in [-0.05, 0) is 55.4 Å². The second-order valence-electron chi connectivity index (χ2n) is 5.85. The minimum Gasteiger partial charge on any atom is -0.352 e. The van der Waals surface area contributed by atoms with Gasteiger partial charge in [-0.3, -0.25) is 9.78 Å². The summed E-state index contributed by atoms with van der Waals surface area (Å²) in [5.41, 5.74) is 2.59. The number of carbonyl (C=O) groups is 2. The predicted molar refractivity (Wildman–Crippen MR) is 116 cm³/mol. The molecule has 2 aromatic rings. The first-order valence-corrected chi connectivity index (χ1v) is 8.61. The Morgan fingerprint density at radius 2 is 1.68 bits per heavy atom. The molecule has 0 atom stereocenters. The van der Waals surface area contributed by atoms with Crippen LogP contribution in [0, 0.1) is 0 Å². The fourth-order valence-electron chi connectivity index (χ4n) is 2.33. The zero-order valence-electron chi connectivity index (χ0n) is 15.7. The minimum absolute atomic E-state index is 0. The molecule has 7 nitrogen and oxygen atoms in total. The molecule has 0 fully saturated rings. The van der Waals surface area contributed by atoms with Crippen LogP contribution in [0.4, 0.5) is 10.5 Å². The van der Waals surface area contributed by atoms with Gasteiger partial charge in [-0.1, -0.05) is 12.1 Å². The molecule has 0 spiro atoms. The Labute approximate surface area is 177 Å². The number of hydrogen-bond donors (Lipinski definition) is 4. The van der Waals surface area contributed by atoms with Gasteiger partial charge in [-0.2, -0.15) is 0 Å². The van der Waals surface area contributed by atoms with Crippen LogP contribution in [0.2, 0.25) is 0 Å². The fourth-order valence-corrected chi connectivity index (χ4v) is 2.33. The molecule has 2 rings (SSSR count). The lowest BCUT2D eigenvalue weighted by atomic mass is 10.2. The van der Waals surface area contributed by atoms with Crippen molar-refractivity contribution in [2.45, 2.75) is 25.9 Å². The third kappa shape index (κ3) is 10.1. The summed E-state index contributed by atoms with van der Waals surface area (Å²) in [7, 11) is 1.86. The van der Waals surface area contributed by atoms with Gasteiger partial charge < -0.3 is 21.3 Å². The summed E-state index contributed by atoms with van der Waals surface area (Å²) < 4.78 is 0. The van der Waals surface area contributed by atoms with Crippen molar-refractivity contribution in [2.24, 2.45) is 0 Å². The first-order valence-electron chi connectivity index (χ1n) is 8.61. The van der Waals surface area contributed by atoms with Crippen LogP contribution in [-0.4, -0.2) is 30.5 Å². The van der Waals surface area contributed by atoms with Crippen molar-refractivity contribution in [3.63, 3.8) is 0 Å². The highest BCUT2D eigenvalue weighted by molar-refractivity contribution is 5.89. The molecule has 0 saturated carbocycles. The average Bonchev–Trinajstić information content (AvgIpc) is 2.66. The number of pyridine rings is 1. The zero-order valence-corrected chi connectivity index (χ0v) is 17.4. The Bertz CT molecular complexity index is 716. The van der Waals surface area contributed by atoms with Crippen molar-refractivity contribution < 1.29 is 9.59 Å². The lowest BCUT2D eigenvalue weighted by molar-refractivity contribution is -0.121. The van der Waals surface area contributed by atoms with Crippen LogP contribution in [0.15, 0.2) is 48.8 Å². The molecule has 0 aliphatic carbocycles. The Kier molecular flexibility index (Phi) is 13.4.